The molecule has 4 aliphatic carbocycles. The highest BCUT2D eigenvalue weighted by atomic mass is 127. The number of hydrogen-bond donors (Lipinski definition) is 0. The minimum atomic E-state index is -1.07. The van der Waals surface area contributed by atoms with Crippen molar-refractivity contribution in [3.8, 4) is 0 Å². The number of halogens is 1. The summed E-state index contributed by atoms with van der Waals surface area (Å²) >= 11 is 0. The number of ketones is 1. The quantitative estimate of drug-likeness (QED) is 0.242. The van der Waals surface area contributed by atoms with Crippen LogP contribution in [0.1, 0.15) is 107 Å². The van der Waals surface area contributed by atoms with Gasteiger partial charge in [-0.15, -0.1) is 34.3 Å². The van der Waals surface area contributed by atoms with Gasteiger partial charge in [-0.05, 0) is 99.4 Å². The van der Waals surface area contributed by atoms with Gasteiger partial charge in [0.2, 0.25) is 0 Å². The molecule has 0 saturated heterocycles. The molecule has 0 aromatic rings. The maximum absolute atomic E-state index is 12.4. The van der Waals surface area contributed by atoms with Gasteiger partial charge in [0.25, 0.3) is 0 Å². The van der Waals surface area contributed by atoms with Gasteiger partial charge in [0.15, 0.2) is 0 Å². The Hall–Kier alpha value is 0.450. The average Bonchev–Trinajstić information content (AvgIpc) is 3.06. The van der Waals surface area contributed by atoms with Crippen molar-refractivity contribution in [2.24, 2.45) is 34.5 Å². The molecule has 0 unspecified atom stereocenters. The number of fused-ring (bicyclic) bond motifs is 5. The van der Waals surface area contributed by atoms with Crippen LogP contribution < -0.4 is 0 Å². The number of allylic oxidation sites excluding steroid dienone is 1. The Balaban J connectivity index is 0.00000125. The van der Waals surface area contributed by atoms with Crippen LogP contribution in [0.5, 0.6) is 0 Å². The Labute approximate surface area is 224 Å². The molecule has 194 valence electrons. The zero-order valence-corrected chi connectivity index (χ0v) is 26.4. The van der Waals surface area contributed by atoms with Gasteiger partial charge in [0.1, 0.15) is 5.78 Å². The monoisotopic (exact) mass is 592 g/mol. The van der Waals surface area contributed by atoms with Crippen LogP contribution in [-0.4, -0.2) is 29.1 Å². The Morgan fingerprint density at radius 3 is 2.24 bits per heavy atom. The highest BCUT2D eigenvalue weighted by Gasteiger charge is 2.59. The number of carbonyl (C=O) groups is 1. The van der Waals surface area contributed by atoms with Gasteiger partial charge in [-0.1, -0.05) is 60.1 Å². The second-order valence-electron chi connectivity index (χ2n) is 12.9. The van der Waals surface area contributed by atoms with Crippen molar-refractivity contribution in [2.75, 3.05) is 12.5 Å². The van der Waals surface area contributed by atoms with Gasteiger partial charge in [-0.3, -0.25) is 4.79 Å². The first-order valence-corrected chi connectivity index (χ1v) is 15.8. The van der Waals surface area contributed by atoms with E-state index in [2.05, 4.69) is 53.2 Å². The summed E-state index contributed by atoms with van der Waals surface area (Å²) < 4.78 is 7.03. The topological polar surface area (TPSA) is 26.3 Å². The predicted octanol–water partition coefficient (Wildman–Crippen LogP) is 8.96. The van der Waals surface area contributed by atoms with Crippen LogP contribution in [0.15, 0.2) is 11.6 Å². The maximum Gasteiger partial charge on any atom is 0.133 e. The fraction of sp³-hybridized carbons (Fsp3) is 0.897. The van der Waals surface area contributed by atoms with Crippen LogP contribution in [0.3, 0.4) is 0 Å². The molecule has 4 rings (SSSR count). The molecule has 0 bridgehead atoms. The van der Waals surface area contributed by atoms with E-state index in [0.29, 0.717) is 23.2 Å². The molecular weight excluding hydrogens is 539 g/mol. The third-order valence-corrected chi connectivity index (χ3v) is 14.1. The number of hydrogen-bond acceptors (Lipinski definition) is 2. The van der Waals surface area contributed by atoms with Crippen molar-refractivity contribution in [2.45, 2.75) is 118 Å². The normalized spacial score (nSPS) is 40.7. The lowest BCUT2D eigenvalue weighted by atomic mass is 9.47. The molecule has 3 saturated carbocycles. The molecule has 2 nitrogen and oxygen atoms in total. The van der Waals surface area contributed by atoms with E-state index in [9.17, 15) is 4.79 Å². The summed E-state index contributed by atoms with van der Waals surface area (Å²) in [7, 11) is -1.07. The van der Waals surface area contributed by atoms with Crippen LogP contribution in [-0.2, 0) is 8.98 Å². The summed E-state index contributed by atoms with van der Waals surface area (Å²) in [4.78, 5) is 12.4. The van der Waals surface area contributed by atoms with E-state index < -0.39 is 10.3 Å². The van der Waals surface area contributed by atoms with Gasteiger partial charge in [0, 0.05) is 10.7 Å². The highest BCUT2D eigenvalue weighted by molar-refractivity contribution is 14.0. The predicted molar refractivity (Wildman–Crippen MR) is 157 cm³/mol. The first-order valence-electron chi connectivity index (χ1n) is 13.4. The first-order chi connectivity index (χ1) is 14.8. The van der Waals surface area contributed by atoms with Crippen LogP contribution in [0, 0.1) is 34.5 Å². The summed E-state index contributed by atoms with van der Waals surface area (Å²) in [5.74, 6) is 3.10. The third kappa shape index (κ3) is 5.15. The molecule has 0 radical (unpaired) electrons. The van der Waals surface area contributed by atoms with Crippen molar-refractivity contribution >= 4 is 40.1 Å². The lowest BCUT2D eigenvalue weighted by Gasteiger charge is -2.58. The molecule has 4 aliphatic rings. The average molecular weight is 593 g/mol. The van der Waals surface area contributed by atoms with E-state index in [-0.39, 0.29) is 34.1 Å². The van der Waals surface area contributed by atoms with E-state index in [1.165, 1.54) is 38.5 Å². The molecule has 0 aliphatic heterocycles. The van der Waals surface area contributed by atoms with Crippen LogP contribution in [0.25, 0.3) is 0 Å². The maximum atomic E-state index is 12.4. The van der Waals surface area contributed by atoms with Crippen LogP contribution in [0.2, 0.25) is 0 Å². The minimum Gasteiger partial charge on any atom is -0.333 e. The van der Waals surface area contributed by atoms with Crippen molar-refractivity contribution in [3.05, 3.63) is 11.6 Å². The van der Waals surface area contributed by atoms with Crippen molar-refractivity contribution in [1.29, 1.82) is 0 Å². The van der Waals surface area contributed by atoms with E-state index in [0.717, 1.165) is 30.6 Å². The molecule has 4 heteroatoms. The van der Waals surface area contributed by atoms with E-state index in [4.69, 9.17) is 4.18 Å². The van der Waals surface area contributed by atoms with Crippen LogP contribution in [0.4, 0.5) is 0 Å². The summed E-state index contributed by atoms with van der Waals surface area (Å²) in [6.07, 6.45) is 17.6. The first kappa shape index (κ1) is 29.7. The van der Waals surface area contributed by atoms with Crippen molar-refractivity contribution in [1.82, 2.24) is 0 Å². The van der Waals surface area contributed by atoms with Crippen molar-refractivity contribution in [3.63, 3.8) is 0 Å². The summed E-state index contributed by atoms with van der Waals surface area (Å²) in [6, 6.07) is 0. The summed E-state index contributed by atoms with van der Waals surface area (Å²) in [5, 5.41) is 0. The number of rotatable bonds is 3. The molecular formula is C29H53IO2S. The second kappa shape index (κ2) is 10.4. The molecule has 0 spiro atoms. The molecule has 3 fully saturated rings. The second-order valence-corrected chi connectivity index (χ2v) is 16.7. The molecule has 0 aromatic heterocycles. The van der Waals surface area contributed by atoms with E-state index in [1.54, 1.807) is 5.57 Å². The zero-order chi connectivity index (χ0) is 24.1. The van der Waals surface area contributed by atoms with Crippen LogP contribution >= 0.6 is 34.3 Å². The van der Waals surface area contributed by atoms with E-state index in [1.807, 2.05) is 20.8 Å². The van der Waals surface area contributed by atoms with Gasteiger partial charge in [0.05, 0.1) is 6.10 Å². The Bertz CT molecular complexity index is 738. The number of Topliss-reactive ketones (excluding diaryl/α,β-unsaturated/α-hetero) is 1. The number of carbonyl (C=O) groups excluding carboxylic acids is 1. The third-order valence-electron chi connectivity index (χ3n) is 10.4. The molecule has 0 N–H and O–H groups in total. The fourth-order valence-electron chi connectivity index (χ4n) is 7.86. The molecule has 33 heavy (non-hydrogen) atoms. The molecule has 0 amide bonds. The fourth-order valence-corrected chi connectivity index (χ4v) is 9.00. The minimum absolute atomic E-state index is 0. The van der Waals surface area contributed by atoms with Crippen molar-refractivity contribution < 1.29 is 8.98 Å². The molecule has 0 aromatic carbocycles. The van der Waals surface area contributed by atoms with Gasteiger partial charge in [-0.25, -0.2) is 0 Å². The molecule has 0 heterocycles. The van der Waals surface area contributed by atoms with Gasteiger partial charge >= 0.3 is 0 Å². The zero-order valence-electron chi connectivity index (χ0n) is 23.3. The summed E-state index contributed by atoms with van der Waals surface area (Å²) in [5.41, 5.74) is 2.32. The smallest absolute Gasteiger partial charge is 0.133 e. The highest BCUT2D eigenvalue weighted by Crippen LogP contribution is 2.67. The Morgan fingerprint density at radius 1 is 1.03 bits per heavy atom. The largest absolute Gasteiger partial charge is 0.333 e. The van der Waals surface area contributed by atoms with E-state index >= 15 is 0 Å². The lowest BCUT2D eigenvalue weighted by molar-refractivity contribution is -0.127. The summed E-state index contributed by atoms with van der Waals surface area (Å²) in [6.45, 7) is 17.9. The Kier molecular flexibility index (Phi) is 9.39. The van der Waals surface area contributed by atoms with Gasteiger partial charge in [-0.2, -0.15) is 0 Å². The van der Waals surface area contributed by atoms with Gasteiger partial charge < -0.3 is 4.18 Å². The SMILES string of the molecule is CC.CC(=O)[C@H]1CC[C@H]2[C@@H]3CC=C4C[C@@H](OS(C)(C)C(C)(C)C)CC[C@]4(C)[C@H]3CC[C@]12C.I. The molecule has 7 atom stereocenters. The standard InChI is InChI=1S/C27H46O2S.C2H6.HI/c1-18(28)22-11-12-23-21-10-9-19-17-20(29-30(7,8)25(2,3)4)13-15-26(19,5)24(21)14-16-27(22,23)6;1-2;/h9,20-24H,10-17H2,1-8H3;1-2H3;1H/t20-,21-,22+,23-,24-,26-,27+;;/m0../s1. The Morgan fingerprint density at radius 2 is 1.67 bits per heavy atom. The lowest BCUT2D eigenvalue weighted by Crippen LogP contribution is -2.51.